The minimum atomic E-state index is -0.225. The zero-order valence-corrected chi connectivity index (χ0v) is 35.2. The predicted octanol–water partition coefficient (Wildman–Crippen LogP) is 13.8. The van der Waals surface area contributed by atoms with Crippen LogP contribution in [0.1, 0.15) is 216 Å². The molecule has 1 N–H and O–H groups in total. The molecule has 5 aliphatic rings. The number of carbonyl (C=O) groups excluding carboxylic acids is 1. The molecule has 11 atom stereocenters. The average Bonchev–Trinajstić information content (AvgIpc) is 3.07. The van der Waals surface area contributed by atoms with Gasteiger partial charge in [0, 0.05) is 11.8 Å². The molecule has 5 saturated carbocycles. The van der Waals surface area contributed by atoms with Gasteiger partial charge in [0.25, 0.3) is 0 Å². The first kappa shape index (κ1) is 41.3. The molecule has 0 aliphatic heterocycles. The number of aliphatic hydroxyl groups is 1. The van der Waals surface area contributed by atoms with Gasteiger partial charge in [-0.15, -0.1) is 0 Å². The third-order valence-corrected chi connectivity index (χ3v) is 17.9. The number of aliphatic hydroxyl groups excluding tert-OH is 1. The van der Waals surface area contributed by atoms with Crippen molar-refractivity contribution in [3.63, 3.8) is 0 Å². The lowest BCUT2D eigenvalue weighted by molar-refractivity contribution is -0.270. The van der Waals surface area contributed by atoms with Gasteiger partial charge in [0.1, 0.15) is 6.10 Å². The zero-order chi connectivity index (χ0) is 37.1. The monoisotopic (exact) mass is 709 g/mol. The second-order valence-electron chi connectivity index (χ2n) is 20.9. The molecule has 0 aromatic heterocycles. The normalized spacial score (nSPS) is 41.6. The molecular weight excluding hydrogens is 625 g/mol. The third kappa shape index (κ3) is 7.97. The topological polar surface area (TPSA) is 46.5 Å². The molecule has 0 aromatic carbocycles. The summed E-state index contributed by atoms with van der Waals surface area (Å²) in [6.45, 7) is 24.4. The largest absolute Gasteiger partial charge is 0.462 e. The first-order chi connectivity index (χ1) is 24.2. The highest BCUT2D eigenvalue weighted by atomic mass is 16.5. The maximum Gasteiger partial charge on any atom is 0.306 e. The Morgan fingerprint density at radius 1 is 0.706 bits per heavy atom. The molecule has 0 heterocycles. The van der Waals surface area contributed by atoms with Crippen LogP contribution >= 0.6 is 0 Å². The number of hydrogen-bond donors (Lipinski definition) is 1. The minimum Gasteiger partial charge on any atom is -0.462 e. The Morgan fingerprint density at radius 2 is 1.27 bits per heavy atom. The SMILES string of the molecule is C=C1CC[C@@]2(C)[C@H]([C@@H]1C)[C@H]1CC[C@@H]3[C@@]4(C)CC[C@H](OC(=O)CCCCCCCCCCCCCCCCC)C(C)(C)[C@@H]4CC[C@@]3(C)[C@]1(C)C[C@@H]2O. The lowest BCUT2D eigenvalue weighted by Gasteiger charge is -2.74. The van der Waals surface area contributed by atoms with Gasteiger partial charge in [-0.1, -0.05) is 157 Å². The molecular formula is C48H84O3. The van der Waals surface area contributed by atoms with Crippen LogP contribution in [0.2, 0.25) is 0 Å². The van der Waals surface area contributed by atoms with Crippen molar-refractivity contribution in [1.82, 2.24) is 0 Å². The van der Waals surface area contributed by atoms with Crippen molar-refractivity contribution in [3.8, 4) is 0 Å². The number of carbonyl (C=O) groups is 1. The zero-order valence-electron chi connectivity index (χ0n) is 35.2. The maximum atomic E-state index is 13.2. The molecule has 0 radical (unpaired) electrons. The molecule has 5 aliphatic carbocycles. The van der Waals surface area contributed by atoms with E-state index < -0.39 is 0 Å². The summed E-state index contributed by atoms with van der Waals surface area (Å²) >= 11 is 0. The van der Waals surface area contributed by atoms with Crippen LogP contribution in [0.15, 0.2) is 12.2 Å². The number of unbranched alkanes of at least 4 members (excludes halogenated alkanes) is 14. The fourth-order valence-corrected chi connectivity index (χ4v) is 14.5. The lowest BCUT2D eigenvalue weighted by atomic mass is 9.31. The Bertz CT molecular complexity index is 1160. The predicted molar refractivity (Wildman–Crippen MR) is 215 cm³/mol. The van der Waals surface area contributed by atoms with E-state index in [1.165, 1.54) is 115 Å². The summed E-state index contributed by atoms with van der Waals surface area (Å²) < 4.78 is 6.41. The Kier molecular flexibility index (Phi) is 13.7. The van der Waals surface area contributed by atoms with Crippen molar-refractivity contribution in [2.45, 2.75) is 228 Å². The van der Waals surface area contributed by atoms with Crippen LogP contribution in [0.25, 0.3) is 0 Å². The van der Waals surface area contributed by atoms with Gasteiger partial charge in [0.15, 0.2) is 0 Å². The van der Waals surface area contributed by atoms with Crippen molar-refractivity contribution in [3.05, 3.63) is 12.2 Å². The Balaban J connectivity index is 1.08. The third-order valence-electron chi connectivity index (χ3n) is 17.9. The minimum absolute atomic E-state index is 0.0168. The van der Waals surface area contributed by atoms with Gasteiger partial charge in [-0.3, -0.25) is 4.79 Å². The molecule has 5 fully saturated rings. The van der Waals surface area contributed by atoms with Crippen LogP contribution in [0.4, 0.5) is 0 Å². The summed E-state index contributed by atoms with van der Waals surface area (Å²) in [7, 11) is 0. The molecule has 0 bridgehead atoms. The highest BCUT2D eigenvalue weighted by molar-refractivity contribution is 5.69. The molecule has 0 aromatic rings. The molecule has 0 saturated heterocycles. The Hall–Kier alpha value is -0.830. The van der Waals surface area contributed by atoms with Gasteiger partial charge in [-0.25, -0.2) is 0 Å². The quantitative estimate of drug-likeness (QED) is 0.0929. The van der Waals surface area contributed by atoms with Crippen molar-refractivity contribution in [2.24, 2.45) is 56.7 Å². The second-order valence-corrected chi connectivity index (χ2v) is 20.9. The van der Waals surface area contributed by atoms with Crippen LogP contribution in [-0.2, 0) is 9.53 Å². The number of esters is 1. The van der Waals surface area contributed by atoms with Crippen LogP contribution in [0.5, 0.6) is 0 Å². The summed E-state index contributed by atoms with van der Waals surface area (Å²) in [5, 5.41) is 12.0. The maximum absolute atomic E-state index is 13.2. The van der Waals surface area contributed by atoms with E-state index in [2.05, 4.69) is 62.0 Å². The fourth-order valence-electron chi connectivity index (χ4n) is 14.5. The van der Waals surface area contributed by atoms with E-state index in [1.54, 1.807) is 0 Å². The summed E-state index contributed by atoms with van der Waals surface area (Å²) in [5.74, 6) is 2.94. The Morgan fingerprint density at radius 3 is 1.86 bits per heavy atom. The number of hydrogen-bond acceptors (Lipinski definition) is 3. The van der Waals surface area contributed by atoms with E-state index in [-0.39, 0.29) is 45.3 Å². The lowest BCUT2D eigenvalue weighted by Crippen LogP contribution is -2.69. The van der Waals surface area contributed by atoms with Crippen molar-refractivity contribution in [2.75, 3.05) is 0 Å². The molecule has 5 rings (SSSR count). The summed E-state index contributed by atoms with van der Waals surface area (Å²) in [5.41, 5.74) is 2.03. The summed E-state index contributed by atoms with van der Waals surface area (Å²) in [6.07, 6.45) is 30.9. The van der Waals surface area contributed by atoms with E-state index in [4.69, 9.17) is 4.74 Å². The van der Waals surface area contributed by atoms with E-state index in [1.807, 2.05) is 0 Å². The molecule has 0 amide bonds. The summed E-state index contributed by atoms with van der Waals surface area (Å²) in [6, 6.07) is 0. The van der Waals surface area contributed by atoms with E-state index >= 15 is 0 Å². The standard InChI is InChI=1S/C48H84O3/c1-10-11-12-13-14-15-16-17-18-19-20-21-22-23-24-25-42(50)51-41-30-32-45(6)38(44(41,4)5)29-33-47(8)39(45)27-26-37-43-36(3)35(2)28-31-46(43,7)40(49)34-48(37,47)9/h36-41,43,49H,2,10-34H2,1,3-9H3/t36-,37-,38+,39-,40+,41+,43-,45+,46-,47-,48-/m1/s1. The number of allylic oxidation sites excluding steroid dienone is 1. The highest BCUT2D eigenvalue weighted by Gasteiger charge is 2.71. The van der Waals surface area contributed by atoms with Gasteiger partial charge >= 0.3 is 5.97 Å². The molecule has 3 nitrogen and oxygen atoms in total. The number of fused-ring (bicyclic) bond motifs is 7. The van der Waals surface area contributed by atoms with Gasteiger partial charge in [-0.2, -0.15) is 0 Å². The van der Waals surface area contributed by atoms with Crippen molar-refractivity contribution in [1.29, 1.82) is 0 Å². The number of rotatable bonds is 17. The molecule has 294 valence electrons. The van der Waals surface area contributed by atoms with Gasteiger partial charge in [0.2, 0.25) is 0 Å². The van der Waals surface area contributed by atoms with Crippen molar-refractivity contribution < 1.29 is 14.6 Å². The van der Waals surface area contributed by atoms with Crippen LogP contribution in [0.3, 0.4) is 0 Å². The summed E-state index contributed by atoms with van der Waals surface area (Å²) in [4.78, 5) is 13.2. The van der Waals surface area contributed by atoms with Crippen molar-refractivity contribution >= 4 is 5.97 Å². The molecule has 0 unspecified atom stereocenters. The van der Waals surface area contributed by atoms with Gasteiger partial charge < -0.3 is 9.84 Å². The molecule has 0 spiro atoms. The van der Waals surface area contributed by atoms with Crippen LogP contribution in [0, 0.1) is 56.7 Å². The first-order valence-corrected chi connectivity index (χ1v) is 22.7. The van der Waals surface area contributed by atoms with Gasteiger partial charge in [0.05, 0.1) is 6.10 Å². The second kappa shape index (κ2) is 16.9. The number of ether oxygens (including phenoxy) is 1. The van der Waals surface area contributed by atoms with Crippen LogP contribution < -0.4 is 0 Å². The fraction of sp³-hybridized carbons (Fsp3) is 0.938. The van der Waals surface area contributed by atoms with E-state index in [0.717, 1.165) is 44.9 Å². The first-order valence-electron chi connectivity index (χ1n) is 22.7. The molecule has 3 heteroatoms. The Labute approximate surface area is 316 Å². The smallest absolute Gasteiger partial charge is 0.306 e. The highest BCUT2D eigenvalue weighted by Crippen LogP contribution is 2.77. The van der Waals surface area contributed by atoms with E-state index in [0.29, 0.717) is 36.0 Å². The van der Waals surface area contributed by atoms with E-state index in [9.17, 15) is 9.90 Å². The van der Waals surface area contributed by atoms with Crippen LogP contribution in [-0.4, -0.2) is 23.3 Å². The van der Waals surface area contributed by atoms with Gasteiger partial charge in [-0.05, 0) is 115 Å². The molecule has 51 heavy (non-hydrogen) atoms. The average molecular weight is 709 g/mol.